The van der Waals surface area contributed by atoms with Crippen molar-refractivity contribution in [1.82, 2.24) is 24.5 Å². The number of rotatable bonds is 10. The van der Waals surface area contributed by atoms with E-state index in [0.717, 1.165) is 12.1 Å². The zero-order chi connectivity index (χ0) is 34.5. The van der Waals surface area contributed by atoms with Gasteiger partial charge in [0.05, 0.1) is 55.9 Å². The summed E-state index contributed by atoms with van der Waals surface area (Å²) in [5, 5.41) is 25.9. The summed E-state index contributed by atoms with van der Waals surface area (Å²) in [6, 6.07) is 3.50. The van der Waals surface area contributed by atoms with Crippen LogP contribution in [0.15, 0.2) is 37.1 Å². The van der Waals surface area contributed by atoms with E-state index in [2.05, 4.69) is 19.9 Å². The number of benzene rings is 1. The summed E-state index contributed by atoms with van der Waals surface area (Å²) in [7, 11) is 1.23. The second-order valence-electron chi connectivity index (χ2n) is 10.8. The number of aromatic nitrogens is 5. The predicted molar refractivity (Wildman–Crippen MR) is 160 cm³/mol. The van der Waals surface area contributed by atoms with E-state index in [1.54, 1.807) is 15.5 Å². The van der Waals surface area contributed by atoms with Crippen molar-refractivity contribution in [2.45, 2.75) is 50.3 Å². The topological polar surface area (TPSA) is 216 Å². The number of hydrogen-bond donors (Lipinski definition) is 5. The third-order valence-corrected chi connectivity index (χ3v) is 7.53. The van der Waals surface area contributed by atoms with Crippen molar-refractivity contribution < 1.29 is 47.2 Å². The number of carboxylic acids is 2. The lowest BCUT2D eigenvalue weighted by molar-refractivity contribution is -0.143. The fraction of sp³-hybridized carbons (Fsp3) is 0.379. The van der Waals surface area contributed by atoms with E-state index in [1.807, 2.05) is 0 Å². The number of hydrogen-bond acceptors (Lipinski definition) is 11. The number of ether oxygens (including phenoxy) is 1. The zero-order valence-electron chi connectivity index (χ0n) is 25.0. The molecule has 0 spiro atoms. The highest BCUT2D eigenvalue weighted by molar-refractivity contribution is 5.81. The molecular weight excluding hydrogens is 632 g/mol. The van der Waals surface area contributed by atoms with E-state index in [1.165, 1.54) is 26.0 Å². The van der Waals surface area contributed by atoms with Crippen molar-refractivity contribution in [3.8, 4) is 17.0 Å². The van der Waals surface area contributed by atoms with Crippen LogP contribution in [0.1, 0.15) is 31.2 Å². The SMILES string of the molecule is COc1cc(F)c(-c2cc(Cn3cnc4c(N)ncnc43)c(N3CCC[C@](N)([C@H](O)C(F)F)C3)cn2)cc1F.O=C(O)CCC(=O)O. The first kappa shape index (κ1) is 34.8. The van der Waals surface area contributed by atoms with Gasteiger partial charge in [0.15, 0.2) is 23.0 Å². The molecule has 1 fully saturated rings. The number of carboxylic acid groups (broad SMARTS) is 2. The number of carbonyl (C=O) groups is 2. The zero-order valence-corrected chi connectivity index (χ0v) is 25.0. The molecule has 0 bridgehead atoms. The van der Waals surface area contributed by atoms with Gasteiger partial charge in [-0.1, -0.05) is 0 Å². The van der Waals surface area contributed by atoms with E-state index in [4.69, 9.17) is 26.4 Å². The summed E-state index contributed by atoms with van der Waals surface area (Å²) in [4.78, 5) is 37.9. The van der Waals surface area contributed by atoms with Crippen molar-refractivity contribution in [2.24, 2.45) is 5.73 Å². The first-order chi connectivity index (χ1) is 22.2. The normalized spacial score (nSPS) is 16.9. The van der Waals surface area contributed by atoms with Gasteiger partial charge < -0.3 is 41.0 Å². The maximum Gasteiger partial charge on any atom is 0.303 e. The number of aliphatic hydroxyl groups is 1. The number of imidazole rings is 1. The van der Waals surface area contributed by atoms with Crippen molar-refractivity contribution >= 4 is 34.6 Å². The van der Waals surface area contributed by atoms with E-state index < -0.39 is 41.6 Å². The first-order valence-corrected chi connectivity index (χ1v) is 14.1. The Morgan fingerprint density at radius 1 is 1.06 bits per heavy atom. The van der Waals surface area contributed by atoms with Crippen LogP contribution >= 0.6 is 0 Å². The van der Waals surface area contributed by atoms with Crippen LogP contribution in [-0.4, -0.2) is 90.0 Å². The standard InChI is InChI=1S/C25H26F4N8O2.C4H6O4/c1-39-19-7-15(26)14(6-16(19)27)17-5-13(9-37-12-35-20-23(30)33-11-34-24(20)37)18(8-32-17)36-4-2-3-25(31,10-36)21(38)22(28)29;5-3(6)1-2-4(7)8/h5-8,11-12,21-22,38H,2-4,9-10,31H2,1H3,(H2,30,33,34);1-2H2,(H,5,6)(H,7,8)/t21-,25-;/m1./s1. The number of nitrogen functional groups attached to an aromatic ring is 1. The van der Waals surface area contributed by atoms with Gasteiger partial charge in [-0.2, -0.15) is 0 Å². The lowest BCUT2D eigenvalue weighted by atomic mass is 9.84. The van der Waals surface area contributed by atoms with Crippen molar-refractivity contribution in [3.63, 3.8) is 0 Å². The third-order valence-electron chi connectivity index (χ3n) is 7.53. The van der Waals surface area contributed by atoms with E-state index in [0.29, 0.717) is 35.4 Å². The lowest BCUT2D eigenvalue weighted by Crippen LogP contribution is -2.63. The number of pyridine rings is 1. The molecule has 0 aliphatic carbocycles. The van der Waals surface area contributed by atoms with E-state index in [9.17, 15) is 32.3 Å². The summed E-state index contributed by atoms with van der Waals surface area (Å²) < 4.78 is 62.7. The monoisotopic (exact) mass is 664 g/mol. The molecule has 4 heterocycles. The third kappa shape index (κ3) is 8.01. The Kier molecular flexibility index (Phi) is 10.8. The molecule has 1 saturated heterocycles. The molecule has 14 nitrogen and oxygen atoms in total. The van der Waals surface area contributed by atoms with Crippen LogP contribution in [-0.2, 0) is 16.1 Å². The predicted octanol–water partition coefficient (Wildman–Crippen LogP) is 2.67. The maximum absolute atomic E-state index is 14.9. The van der Waals surface area contributed by atoms with Crippen molar-refractivity contribution in [1.29, 1.82) is 0 Å². The summed E-state index contributed by atoms with van der Waals surface area (Å²) in [6.07, 6.45) is -0.720. The number of fused-ring (bicyclic) bond motifs is 1. The Labute approximate surface area is 264 Å². The number of aliphatic carboxylic acids is 2. The second-order valence-corrected chi connectivity index (χ2v) is 10.8. The van der Waals surface area contributed by atoms with Crippen LogP contribution in [0, 0.1) is 11.6 Å². The van der Waals surface area contributed by atoms with Crippen LogP contribution in [0.4, 0.5) is 29.1 Å². The Bertz CT molecular complexity index is 1750. The fourth-order valence-corrected chi connectivity index (χ4v) is 5.15. The van der Waals surface area contributed by atoms with E-state index >= 15 is 0 Å². The number of alkyl halides is 2. The average Bonchev–Trinajstić information content (AvgIpc) is 3.44. The van der Waals surface area contributed by atoms with Gasteiger partial charge in [-0.25, -0.2) is 32.5 Å². The van der Waals surface area contributed by atoms with Gasteiger partial charge in [-0.05, 0) is 30.5 Å². The molecular formula is C29H32F4N8O6. The molecule has 2 atom stereocenters. The number of halogens is 4. The Morgan fingerprint density at radius 2 is 1.77 bits per heavy atom. The van der Waals surface area contributed by atoms with Crippen LogP contribution in [0.2, 0.25) is 0 Å². The number of piperidine rings is 1. The van der Waals surface area contributed by atoms with Crippen LogP contribution in [0.25, 0.3) is 22.4 Å². The molecule has 0 radical (unpaired) electrons. The molecule has 47 heavy (non-hydrogen) atoms. The molecule has 1 aliphatic rings. The molecule has 1 aliphatic heterocycles. The Hall–Kier alpha value is -5.10. The molecule has 4 aromatic rings. The van der Waals surface area contributed by atoms with Gasteiger partial charge in [0.25, 0.3) is 6.43 Å². The Balaban J connectivity index is 0.000000555. The second kappa shape index (κ2) is 14.5. The molecule has 3 aromatic heterocycles. The highest BCUT2D eigenvalue weighted by Crippen LogP contribution is 2.35. The van der Waals surface area contributed by atoms with Gasteiger partial charge in [-0.3, -0.25) is 14.6 Å². The molecule has 1 aromatic carbocycles. The fourth-order valence-electron chi connectivity index (χ4n) is 5.15. The van der Waals surface area contributed by atoms with Gasteiger partial charge in [0, 0.05) is 24.7 Å². The van der Waals surface area contributed by atoms with Crippen LogP contribution in [0.3, 0.4) is 0 Å². The quantitative estimate of drug-likeness (QED) is 0.154. The average molecular weight is 665 g/mol. The molecule has 0 saturated carbocycles. The molecule has 5 rings (SSSR count). The maximum atomic E-state index is 14.9. The summed E-state index contributed by atoms with van der Waals surface area (Å²) in [6.45, 7) is 0.523. The number of methoxy groups -OCH3 is 1. The highest BCUT2D eigenvalue weighted by Gasteiger charge is 2.43. The van der Waals surface area contributed by atoms with Crippen LogP contribution < -0.4 is 21.1 Å². The summed E-state index contributed by atoms with van der Waals surface area (Å²) in [5.74, 6) is -3.72. The number of anilines is 2. The summed E-state index contributed by atoms with van der Waals surface area (Å²) >= 11 is 0. The van der Waals surface area contributed by atoms with Gasteiger partial charge >= 0.3 is 11.9 Å². The number of aliphatic hydroxyl groups excluding tert-OH is 1. The van der Waals surface area contributed by atoms with E-state index in [-0.39, 0.29) is 55.2 Å². The summed E-state index contributed by atoms with van der Waals surface area (Å²) in [5.41, 5.74) is 12.6. The smallest absolute Gasteiger partial charge is 0.303 e. The highest BCUT2D eigenvalue weighted by atomic mass is 19.3. The molecule has 0 unspecified atom stereocenters. The van der Waals surface area contributed by atoms with Crippen LogP contribution in [0.5, 0.6) is 5.75 Å². The molecule has 18 heteroatoms. The molecule has 252 valence electrons. The van der Waals surface area contributed by atoms with Crippen molar-refractivity contribution in [2.75, 3.05) is 30.8 Å². The Morgan fingerprint density at radius 3 is 2.40 bits per heavy atom. The largest absolute Gasteiger partial charge is 0.494 e. The minimum Gasteiger partial charge on any atom is -0.494 e. The van der Waals surface area contributed by atoms with Gasteiger partial charge in [-0.15, -0.1) is 0 Å². The number of nitrogens with zero attached hydrogens (tertiary/aromatic N) is 6. The van der Waals surface area contributed by atoms with Crippen molar-refractivity contribution in [3.05, 3.63) is 54.2 Å². The molecule has 7 N–H and O–H groups in total. The minimum absolute atomic E-state index is 0.0716. The van der Waals surface area contributed by atoms with Gasteiger partial charge in [0.2, 0.25) is 0 Å². The number of nitrogens with two attached hydrogens (primary N) is 2. The minimum atomic E-state index is -3.01. The van der Waals surface area contributed by atoms with Gasteiger partial charge in [0.1, 0.15) is 23.8 Å². The lowest BCUT2D eigenvalue weighted by Gasteiger charge is -2.44. The first-order valence-electron chi connectivity index (χ1n) is 14.1. The molecule has 0 amide bonds.